The zero-order valence-corrected chi connectivity index (χ0v) is 9.74. The molecule has 0 fully saturated rings. The van der Waals surface area contributed by atoms with Crippen molar-refractivity contribution in [3.8, 4) is 0 Å². The molecule has 6 heteroatoms. The number of aliphatic carboxylic acids is 1. The molecule has 2 atom stereocenters. The molecule has 0 saturated heterocycles. The van der Waals surface area contributed by atoms with Crippen LogP contribution in [0.5, 0.6) is 0 Å². The van der Waals surface area contributed by atoms with Gasteiger partial charge in [-0.25, -0.2) is 4.79 Å². The van der Waals surface area contributed by atoms with E-state index in [4.69, 9.17) is 5.11 Å². The Balaban J connectivity index is 4.49. The lowest BCUT2D eigenvalue weighted by Crippen LogP contribution is -2.50. The van der Waals surface area contributed by atoms with E-state index in [0.717, 1.165) is 0 Å². The normalized spacial score (nSPS) is 13.9. The minimum absolute atomic E-state index is 0.261. The zero-order valence-electron chi connectivity index (χ0n) is 9.74. The van der Waals surface area contributed by atoms with Gasteiger partial charge in [-0.1, -0.05) is 13.8 Å². The van der Waals surface area contributed by atoms with Crippen LogP contribution < -0.4 is 10.6 Å². The summed E-state index contributed by atoms with van der Waals surface area (Å²) in [7, 11) is 1.63. The highest BCUT2D eigenvalue weighted by molar-refractivity contribution is 6.35. The Morgan fingerprint density at radius 3 is 1.94 bits per heavy atom. The number of carbonyl (C=O) groups excluding carboxylic acids is 2. The van der Waals surface area contributed by atoms with Crippen molar-refractivity contribution in [1.29, 1.82) is 0 Å². The molecule has 92 valence electrons. The largest absolute Gasteiger partial charge is 0.475 e. The highest BCUT2D eigenvalue weighted by Crippen LogP contribution is 1.97. The van der Waals surface area contributed by atoms with Crippen LogP contribution in [0.4, 0.5) is 0 Å². The molecule has 0 radical (unpaired) electrons. The molecule has 0 heterocycles. The van der Waals surface area contributed by atoms with Crippen LogP contribution in [0, 0.1) is 0 Å². The first-order chi connectivity index (χ1) is 7.47. The number of rotatable bonds is 7. The van der Waals surface area contributed by atoms with Gasteiger partial charge >= 0.3 is 5.97 Å². The topological polar surface area (TPSA) is 95.5 Å². The van der Waals surface area contributed by atoms with Crippen molar-refractivity contribution in [2.45, 2.75) is 38.8 Å². The molecule has 1 unspecified atom stereocenters. The molecule has 0 aliphatic heterocycles. The van der Waals surface area contributed by atoms with Crippen molar-refractivity contribution in [1.82, 2.24) is 10.6 Å². The van der Waals surface area contributed by atoms with Gasteiger partial charge in [0.1, 0.15) is 0 Å². The smallest absolute Gasteiger partial charge is 0.374 e. The van der Waals surface area contributed by atoms with Gasteiger partial charge < -0.3 is 15.7 Å². The molecule has 0 aromatic heterocycles. The Bertz CT molecular complexity index is 274. The van der Waals surface area contributed by atoms with E-state index in [2.05, 4.69) is 10.6 Å². The highest BCUT2D eigenvalue weighted by atomic mass is 16.4. The molecule has 0 bridgehead atoms. The van der Waals surface area contributed by atoms with E-state index in [9.17, 15) is 14.4 Å². The number of nitrogens with one attached hydrogen (secondary N) is 2. The predicted molar refractivity (Wildman–Crippen MR) is 58.0 cm³/mol. The van der Waals surface area contributed by atoms with E-state index in [1.54, 1.807) is 14.0 Å². The van der Waals surface area contributed by atoms with E-state index >= 15 is 0 Å². The Labute approximate surface area is 94.4 Å². The van der Waals surface area contributed by atoms with Gasteiger partial charge in [-0.05, 0) is 19.9 Å². The van der Waals surface area contributed by atoms with Crippen molar-refractivity contribution >= 4 is 17.7 Å². The minimum atomic E-state index is -1.52. The fourth-order valence-electron chi connectivity index (χ4n) is 1.29. The number of hydrogen-bond acceptors (Lipinski definition) is 4. The summed E-state index contributed by atoms with van der Waals surface area (Å²) in [6.07, 6.45) is 0.830. The van der Waals surface area contributed by atoms with Gasteiger partial charge in [0.25, 0.3) is 5.78 Å². The summed E-state index contributed by atoms with van der Waals surface area (Å²) < 4.78 is 0. The number of amides is 1. The third kappa shape index (κ3) is 3.98. The maximum absolute atomic E-state index is 11.6. The lowest BCUT2D eigenvalue weighted by Gasteiger charge is -2.18. The SMILES string of the molecule is CCC(NC(=O)[C@H](CC)NC)C(=O)C(=O)O. The summed E-state index contributed by atoms with van der Waals surface area (Å²) in [5.74, 6) is -2.86. The van der Waals surface area contributed by atoms with Crippen LogP contribution in [-0.4, -0.2) is 41.9 Å². The molecule has 1 amide bonds. The first kappa shape index (κ1) is 14.6. The van der Waals surface area contributed by atoms with E-state index < -0.39 is 23.8 Å². The zero-order chi connectivity index (χ0) is 12.7. The Morgan fingerprint density at radius 2 is 1.62 bits per heavy atom. The average Bonchev–Trinajstić information content (AvgIpc) is 2.26. The van der Waals surface area contributed by atoms with E-state index in [1.165, 1.54) is 0 Å². The molecule has 0 saturated carbocycles. The van der Waals surface area contributed by atoms with Crippen molar-refractivity contribution in [3.05, 3.63) is 0 Å². The van der Waals surface area contributed by atoms with Gasteiger partial charge in [-0.15, -0.1) is 0 Å². The maximum Gasteiger partial charge on any atom is 0.374 e. The van der Waals surface area contributed by atoms with Crippen LogP contribution in [0.2, 0.25) is 0 Å². The van der Waals surface area contributed by atoms with Gasteiger partial charge in [0.15, 0.2) is 0 Å². The van der Waals surface area contributed by atoms with Crippen LogP contribution in [0.3, 0.4) is 0 Å². The van der Waals surface area contributed by atoms with Gasteiger partial charge in [0.2, 0.25) is 5.91 Å². The quantitative estimate of drug-likeness (QED) is 0.514. The second-order valence-electron chi connectivity index (χ2n) is 3.39. The summed E-state index contributed by atoms with van der Waals surface area (Å²) in [6, 6.07) is -1.36. The number of carbonyl (C=O) groups is 3. The van der Waals surface area contributed by atoms with Gasteiger partial charge in [0, 0.05) is 0 Å². The number of carboxylic acid groups (broad SMARTS) is 1. The van der Waals surface area contributed by atoms with Gasteiger partial charge in [-0.2, -0.15) is 0 Å². The van der Waals surface area contributed by atoms with Crippen LogP contribution in [0.15, 0.2) is 0 Å². The third-order valence-electron chi connectivity index (χ3n) is 2.33. The summed E-state index contributed by atoms with van der Waals surface area (Å²) in [5, 5.41) is 13.7. The molecule has 0 aliphatic carbocycles. The Kier molecular flexibility index (Phi) is 6.32. The molecule has 16 heavy (non-hydrogen) atoms. The number of Topliss-reactive ketones (excluding diaryl/α,β-unsaturated/α-hetero) is 1. The minimum Gasteiger partial charge on any atom is -0.475 e. The van der Waals surface area contributed by atoms with Gasteiger partial charge in [-0.3, -0.25) is 9.59 Å². The first-order valence-electron chi connectivity index (χ1n) is 5.22. The van der Waals surface area contributed by atoms with Gasteiger partial charge in [0.05, 0.1) is 12.1 Å². The monoisotopic (exact) mass is 230 g/mol. The van der Waals surface area contributed by atoms with Crippen LogP contribution in [0.1, 0.15) is 26.7 Å². The molecule has 0 aromatic carbocycles. The third-order valence-corrected chi connectivity index (χ3v) is 2.33. The maximum atomic E-state index is 11.6. The molecule has 0 aromatic rings. The second kappa shape index (κ2) is 6.95. The average molecular weight is 230 g/mol. The Morgan fingerprint density at radius 1 is 1.12 bits per heavy atom. The molecule has 0 rings (SSSR count). The number of hydrogen-bond donors (Lipinski definition) is 3. The number of carboxylic acids is 1. The number of likely N-dealkylation sites (N-methyl/N-ethyl adjacent to an activating group) is 1. The second-order valence-corrected chi connectivity index (χ2v) is 3.39. The molecule has 6 nitrogen and oxygen atoms in total. The molecule has 3 N–H and O–H groups in total. The van der Waals surface area contributed by atoms with Crippen molar-refractivity contribution in [2.75, 3.05) is 7.05 Å². The lowest BCUT2D eigenvalue weighted by atomic mass is 10.1. The first-order valence-corrected chi connectivity index (χ1v) is 5.22. The van der Waals surface area contributed by atoms with E-state index in [1.807, 2.05) is 6.92 Å². The molecular formula is C10H18N2O4. The summed E-state index contributed by atoms with van der Waals surface area (Å²) in [6.45, 7) is 3.47. The molecule has 0 spiro atoms. The van der Waals surface area contributed by atoms with E-state index in [0.29, 0.717) is 6.42 Å². The van der Waals surface area contributed by atoms with Crippen LogP contribution in [0.25, 0.3) is 0 Å². The molecule has 0 aliphatic rings. The lowest BCUT2D eigenvalue weighted by molar-refractivity contribution is -0.150. The van der Waals surface area contributed by atoms with Crippen molar-refractivity contribution < 1.29 is 19.5 Å². The highest BCUT2D eigenvalue weighted by Gasteiger charge is 2.26. The predicted octanol–water partition coefficient (Wildman–Crippen LogP) is -0.467. The summed E-state index contributed by atoms with van der Waals surface area (Å²) in [4.78, 5) is 33.2. The van der Waals surface area contributed by atoms with Crippen molar-refractivity contribution in [3.63, 3.8) is 0 Å². The Hall–Kier alpha value is -1.43. The fraction of sp³-hybridized carbons (Fsp3) is 0.700. The summed E-state index contributed by atoms with van der Waals surface area (Å²) >= 11 is 0. The van der Waals surface area contributed by atoms with Crippen LogP contribution in [-0.2, 0) is 14.4 Å². The van der Waals surface area contributed by atoms with Crippen LogP contribution >= 0.6 is 0 Å². The fourth-order valence-corrected chi connectivity index (χ4v) is 1.29. The number of ketones is 1. The van der Waals surface area contributed by atoms with Crippen molar-refractivity contribution in [2.24, 2.45) is 0 Å². The standard InChI is InChI=1S/C10H18N2O4/c1-4-6(8(13)10(15)16)12-9(14)7(5-2)11-3/h6-7,11H,4-5H2,1-3H3,(H,12,14)(H,15,16)/t6?,7-/m0/s1. The molecular weight excluding hydrogens is 212 g/mol. The van der Waals surface area contributed by atoms with E-state index in [-0.39, 0.29) is 12.3 Å². The summed E-state index contributed by atoms with van der Waals surface area (Å²) in [5.41, 5.74) is 0.